The van der Waals surface area contributed by atoms with Gasteiger partial charge in [0.2, 0.25) is 5.91 Å². The summed E-state index contributed by atoms with van der Waals surface area (Å²) in [4.78, 5) is 11.7. The SMILES string of the molecule is CCCc1ccccc1NC(=O)[C@H](N)CC. The van der Waals surface area contributed by atoms with Gasteiger partial charge in [0.15, 0.2) is 0 Å². The third kappa shape index (κ3) is 3.35. The van der Waals surface area contributed by atoms with Gasteiger partial charge < -0.3 is 11.1 Å². The number of carbonyl (C=O) groups excluding carboxylic acids is 1. The molecular weight excluding hydrogens is 200 g/mol. The predicted octanol–water partition coefficient (Wildman–Crippen LogP) is 2.31. The largest absolute Gasteiger partial charge is 0.324 e. The normalized spacial score (nSPS) is 12.2. The van der Waals surface area contributed by atoms with Crippen LogP contribution >= 0.6 is 0 Å². The second kappa shape index (κ2) is 6.28. The molecule has 1 aromatic carbocycles. The lowest BCUT2D eigenvalue weighted by Gasteiger charge is -2.13. The van der Waals surface area contributed by atoms with Gasteiger partial charge in [-0.25, -0.2) is 0 Å². The molecule has 1 amide bonds. The van der Waals surface area contributed by atoms with Crippen molar-refractivity contribution in [2.24, 2.45) is 5.73 Å². The lowest BCUT2D eigenvalue weighted by atomic mass is 10.1. The highest BCUT2D eigenvalue weighted by Crippen LogP contribution is 2.16. The van der Waals surface area contributed by atoms with Crippen LogP contribution in [0.1, 0.15) is 32.3 Å². The van der Waals surface area contributed by atoms with E-state index in [0.29, 0.717) is 6.42 Å². The van der Waals surface area contributed by atoms with Gasteiger partial charge in [-0.15, -0.1) is 0 Å². The number of rotatable bonds is 5. The van der Waals surface area contributed by atoms with E-state index in [1.807, 2.05) is 31.2 Å². The zero-order chi connectivity index (χ0) is 12.0. The summed E-state index contributed by atoms with van der Waals surface area (Å²) in [5, 5.41) is 2.88. The van der Waals surface area contributed by atoms with E-state index in [-0.39, 0.29) is 5.91 Å². The van der Waals surface area contributed by atoms with Crippen molar-refractivity contribution in [2.75, 3.05) is 5.32 Å². The highest BCUT2D eigenvalue weighted by atomic mass is 16.2. The second-order valence-corrected chi connectivity index (χ2v) is 3.91. The topological polar surface area (TPSA) is 55.1 Å². The van der Waals surface area contributed by atoms with Gasteiger partial charge in [-0.3, -0.25) is 4.79 Å². The first kappa shape index (κ1) is 12.7. The molecule has 0 saturated heterocycles. The van der Waals surface area contributed by atoms with Crippen molar-refractivity contribution < 1.29 is 4.79 Å². The Kier molecular flexibility index (Phi) is 4.99. The summed E-state index contributed by atoms with van der Waals surface area (Å²) in [6, 6.07) is 7.45. The van der Waals surface area contributed by atoms with Crippen LogP contribution in [0.25, 0.3) is 0 Å². The van der Waals surface area contributed by atoms with Crippen LogP contribution in [0, 0.1) is 0 Å². The minimum atomic E-state index is -0.422. The molecule has 0 radical (unpaired) electrons. The van der Waals surface area contributed by atoms with Gasteiger partial charge in [0, 0.05) is 5.69 Å². The summed E-state index contributed by atoms with van der Waals surface area (Å²) in [6.45, 7) is 4.03. The smallest absolute Gasteiger partial charge is 0.241 e. The number of hydrogen-bond donors (Lipinski definition) is 2. The maximum absolute atomic E-state index is 11.7. The molecule has 1 atom stereocenters. The van der Waals surface area contributed by atoms with E-state index in [4.69, 9.17) is 5.73 Å². The number of hydrogen-bond acceptors (Lipinski definition) is 2. The van der Waals surface area contributed by atoms with Crippen LogP contribution in [0.15, 0.2) is 24.3 Å². The van der Waals surface area contributed by atoms with Crippen LogP contribution in [-0.4, -0.2) is 11.9 Å². The number of nitrogens with two attached hydrogens (primary N) is 1. The van der Waals surface area contributed by atoms with Gasteiger partial charge in [-0.1, -0.05) is 38.5 Å². The quantitative estimate of drug-likeness (QED) is 0.800. The molecule has 3 N–H and O–H groups in total. The van der Waals surface area contributed by atoms with Crippen LogP contribution in [0.4, 0.5) is 5.69 Å². The Morgan fingerprint density at radius 1 is 1.38 bits per heavy atom. The van der Waals surface area contributed by atoms with Gasteiger partial charge in [0.05, 0.1) is 6.04 Å². The van der Waals surface area contributed by atoms with E-state index < -0.39 is 6.04 Å². The molecule has 0 fully saturated rings. The summed E-state index contributed by atoms with van der Waals surface area (Å²) in [5.41, 5.74) is 7.73. The number of carbonyl (C=O) groups is 1. The van der Waals surface area contributed by atoms with Crippen LogP contribution in [-0.2, 0) is 11.2 Å². The van der Waals surface area contributed by atoms with Crippen molar-refractivity contribution >= 4 is 11.6 Å². The first-order chi connectivity index (χ1) is 7.69. The Hall–Kier alpha value is -1.35. The first-order valence-corrected chi connectivity index (χ1v) is 5.83. The van der Waals surface area contributed by atoms with Crippen molar-refractivity contribution in [2.45, 2.75) is 39.2 Å². The van der Waals surface area contributed by atoms with E-state index in [9.17, 15) is 4.79 Å². The summed E-state index contributed by atoms with van der Waals surface area (Å²) in [7, 11) is 0. The number of para-hydroxylation sites is 1. The van der Waals surface area contributed by atoms with Crippen molar-refractivity contribution in [3.8, 4) is 0 Å². The molecule has 1 rings (SSSR count). The number of aryl methyl sites for hydroxylation is 1. The molecule has 0 spiro atoms. The van der Waals surface area contributed by atoms with Gasteiger partial charge in [0.25, 0.3) is 0 Å². The monoisotopic (exact) mass is 220 g/mol. The molecule has 0 unspecified atom stereocenters. The molecule has 1 aromatic rings. The van der Waals surface area contributed by atoms with Gasteiger partial charge >= 0.3 is 0 Å². The van der Waals surface area contributed by atoms with E-state index in [1.165, 1.54) is 5.56 Å². The Morgan fingerprint density at radius 2 is 2.06 bits per heavy atom. The number of benzene rings is 1. The molecule has 0 aliphatic rings. The van der Waals surface area contributed by atoms with E-state index in [0.717, 1.165) is 18.5 Å². The second-order valence-electron chi connectivity index (χ2n) is 3.91. The van der Waals surface area contributed by atoms with Gasteiger partial charge in [0.1, 0.15) is 0 Å². The highest BCUT2D eigenvalue weighted by molar-refractivity contribution is 5.95. The van der Waals surface area contributed by atoms with Crippen molar-refractivity contribution in [3.05, 3.63) is 29.8 Å². The third-order valence-corrected chi connectivity index (χ3v) is 2.57. The summed E-state index contributed by atoms with van der Waals surface area (Å²) < 4.78 is 0. The molecule has 3 heteroatoms. The lowest BCUT2D eigenvalue weighted by molar-refractivity contribution is -0.117. The fourth-order valence-corrected chi connectivity index (χ4v) is 1.54. The molecule has 3 nitrogen and oxygen atoms in total. The standard InChI is InChI=1S/C13H20N2O/c1-3-7-10-8-5-6-9-12(10)15-13(16)11(14)4-2/h5-6,8-9,11H,3-4,7,14H2,1-2H3,(H,15,16)/t11-/m1/s1. The Morgan fingerprint density at radius 3 is 2.69 bits per heavy atom. The lowest BCUT2D eigenvalue weighted by Crippen LogP contribution is -2.35. The van der Waals surface area contributed by atoms with Crippen molar-refractivity contribution in [3.63, 3.8) is 0 Å². The van der Waals surface area contributed by atoms with Gasteiger partial charge in [-0.05, 0) is 24.5 Å². The Bertz CT molecular complexity index is 350. The van der Waals surface area contributed by atoms with Crippen LogP contribution < -0.4 is 11.1 Å². The van der Waals surface area contributed by atoms with Crippen LogP contribution in [0.2, 0.25) is 0 Å². The van der Waals surface area contributed by atoms with Gasteiger partial charge in [-0.2, -0.15) is 0 Å². The Labute approximate surface area is 97.0 Å². The van der Waals surface area contributed by atoms with E-state index >= 15 is 0 Å². The molecular formula is C13H20N2O. The Balaban J connectivity index is 2.76. The molecule has 0 aliphatic carbocycles. The summed E-state index contributed by atoms with van der Waals surface area (Å²) in [6.07, 6.45) is 2.69. The fraction of sp³-hybridized carbons (Fsp3) is 0.462. The minimum absolute atomic E-state index is 0.106. The van der Waals surface area contributed by atoms with Crippen molar-refractivity contribution in [1.82, 2.24) is 0 Å². The molecule has 0 saturated carbocycles. The zero-order valence-electron chi connectivity index (χ0n) is 9.99. The molecule has 16 heavy (non-hydrogen) atoms. The molecule has 88 valence electrons. The first-order valence-electron chi connectivity index (χ1n) is 5.83. The average Bonchev–Trinajstić information content (AvgIpc) is 2.31. The van der Waals surface area contributed by atoms with E-state index in [1.54, 1.807) is 0 Å². The molecule has 0 aromatic heterocycles. The van der Waals surface area contributed by atoms with Crippen LogP contribution in [0.3, 0.4) is 0 Å². The number of anilines is 1. The maximum Gasteiger partial charge on any atom is 0.241 e. The highest BCUT2D eigenvalue weighted by Gasteiger charge is 2.12. The number of amides is 1. The molecule has 0 aliphatic heterocycles. The number of nitrogens with one attached hydrogen (secondary N) is 1. The molecule has 0 heterocycles. The van der Waals surface area contributed by atoms with E-state index in [2.05, 4.69) is 12.2 Å². The predicted molar refractivity (Wildman–Crippen MR) is 67.3 cm³/mol. The maximum atomic E-state index is 11.7. The summed E-state index contributed by atoms with van der Waals surface area (Å²) >= 11 is 0. The van der Waals surface area contributed by atoms with Crippen molar-refractivity contribution in [1.29, 1.82) is 0 Å². The van der Waals surface area contributed by atoms with Crippen LogP contribution in [0.5, 0.6) is 0 Å². The fourth-order valence-electron chi connectivity index (χ4n) is 1.54. The third-order valence-electron chi connectivity index (χ3n) is 2.57. The molecule has 0 bridgehead atoms. The zero-order valence-corrected chi connectivity index (χ0v) is 9.99. The summed E-state index contributed by atoms with van der Waals surface area (Å²) in [5.74, 6) is -0.106. The average molecular weight is 220 g/mol. The minimum Gasteiger partial charge on any atom is -0.324 e.